The third kappa shape index (κ3) is 5.53. The first-order chi connectivity index (χ1) is 8.28. The molecule has 0 fully saturated rings. The molecule has 2 N–H and O–H groups in total. The molecule has 0 saturated carbocycles. The average Bonchev–Trinajstić information content (AvgIpc) is 2.12. The van der Waals surface area contributed by atoms with E-state index in [-0.39, 0.29) is 0 Å². The van der Waals surface area contributed by atoms with Gasteiger partial charge in [-0.3, -0.25) is 0 Å². The van der Waals surface area contributed by atoms with Crippen LogP contribution in [0.25, 0.3) is 0 Å². The Morgan fingerprint density at radius 2 is 1.78 bits per heavy atom. The predicted molar refractivity (Wildman–Crippen MR) is 67.2 cm³/mol. The average molecular weight is 258 g/mol. The Balaban J connectivity index is 2.46. The van der Waals surface area contributed by atoms with Crippen molar-refractivity contribution in [2.24, 2.45) is 0 Å². The second-order valence-electron chi connectivity index (χ2n) is 5.12. The summed E-state index contributed by atoms with van der Waals surface area (Å²) in [6, 6.07) is 3.39. The van der Waals surface area contributed by atoms with Gasteiger partial charge in [0, 0.05) is 25.7 Å². The molecule has 102 valence electrons. The van der Waals surface area contributed by atoms with E-state index in [2.05, 4.69) is 5.32 Å². The predicted octanol–water partition coefficient (Wildman–Crippen LogP) is 1.37. The van der Waals surface area contributed by atoms with E-state index in [0.717, 1.165) is 6.07 Å². The van der Waals surface area contributed by atoms with Crippen LogP contribution in [0, 0.1) is 11.6 Å². The van der Waals surface area contributed by atoms with Gasteiger partial charge in [-0.1, -0.05) is 0 Å². The van der Waals surface area contributed by atoms with Gasteiger partial charge in [0.05, 0.1) is 5.60 Å². The minimum absolute atomic E-state index is 0.318. The van der Waals surface area contributed by atoms with Crippen molar-refractivity contribution >= 4 is 0 Å². The number of likely N-dealkylation sites (N-methyl/N-ethyl adjacent to an activating group) is 1. The van der Waals surface area contributed by atoms with Crippen molar-refractivity contribution in [3.8, 4) is 0 Å². The zero-order valence-electron chi connectivity index (χ0n) is 11.0. The van der Waals surface area contributed by atoms with E-state index in [1.165, 1.54) is 12.1 Å². The Morgan fingerprint density at radius 1 is 1.22 bits per heavy atom. The second-order valence-corrected chi connectivity index (χ2v) is 5.12. The lowest BCUT2D eigenvalue weighted by molar-refractivity contribution is 0.0336. The van der Waals surface area contributed by atoms with Gasteiger partial charge in [-0.15, -0.1) is 0 Å². The molecule has 1 unspecified atom stereocenters. The summed E-state index contributed by atoms with van der Waals surface area (Å²) in [6.45, 7) is 2.89. The third-order valence-electron chi connectivity index (χ3n) is 2.41. The molecule has 18 heavy (non-hydrogen) atoms. The highest BCUT2D eigenvalue weighted by Gasteiger charge is 2.20. The number of aliphatic hydroxyl groups is 1. The first-order valence-corrected chi connectivity index (χ1v) is 5.81. The molecule has 1 aromatic rings. The van der Waals surface area contributed by atoms with Gasteiger partial charge in [0.2, 0.25) is 0 Å². The number of halogens is 2. The first kappa shape index (κ1) is 15.0. The molecule has 0 radical (unpaired) electrons. The van der Waals surface area contributed by atoms with Crippen LogP contribution in [0.15, 0.2) is 18.2 Å². The quantitative estimate of drug-likeness (QED) is 0.809. The fourth-order valence-corrected chi connectivity index (χ4v) is 1.93. The van der Waals surface area contributed by atoms with E-state index in [0.29, 0.717) is 25.2 Å². The number of benzene rings is 1. The minimum atomic E-state index is -0.880. The van der Waals surface area contributed by atoms with E-state index in [9.17, 15) is 13.9 Å². The van der Waals surface area contributed by atoms with Gasteiger partial charge in [-0.25, -0.2) is 8.78 Å². The molecular formula is C13H20F2N2O. The summed E-state index contributed by atoms with van der Waals surface area (Å²) in [6.07, 6.45) is 0. The van der Waals surface area contributed by atoms with E-state index in [4.69, 9.17) is 0 Å². The first-order valence-electron chi connectivity index (χ1n) is 5.81. The monoisotopic (exact) mass is 258 g/mol. The van der Waals surface area contributed by atoms with Gasteiger partial charge in [-0.05, 0) is 38.7 Å². The van der Waals surface area contributed by atoms with E-state index in [1.54, 1.807) is 6.92 Å². The Bertz CT molecular complexity index is 374. The molecule has 0 aliphatic rings. The van der Waals surface area contributed by atoms with Crippen molar-refractivity contribution in [2.75, 3.05) is 27.2 Å². The van der Waals surface area contributed by atoms with Crippen LogP contribution in [-0.2, 0) is 6.54 Å². The molecule has 0 aliphatic carbocycles. The van der Waals surface area contributed by atoms with E-state index < -0.39 is 17.2 Å². The third-order valence-corrected chi connectivity index (χ3v) is 2.41. The summed E-state index contributed by atoms with van der Waals surface area (Å²) in [5, 5.41) is 13.0. The lowest BCUT2D eigenvalue weighted by Crippen LogP contribution is -2.45. The molecule has 1 atom stereocenters. The van der Waals surface area contributed by atoms with Crippen LogP contribution >= 0.6 is 0 Å². The van der Waals surface area contributed by atoms with Gasteiger partial charge in [-0.2, -0.15) is 0 Å². The number of rotatable bonds is 6. The highest BCUT2D eigenvalue weighted by Crippen LogP contribution is 2.08. The van der Waals surface area contributed by atoms with Crippen LogP contribution in [0.4, 0.5) is 8.78 Å². The summed E-state index contributed by atoms with van der Waals surface area (Å²) < 4.78 is 25.9. The summed E-state index contributed by atoms with van der Waals surface area (Å²) in [5.41, 5.74) is -0.358. The van der Waals surface area contributed by atoms with Crippen LogP contribution in [0.5, 0.6) is 0 Å². The van der Waals surface area contributed by atoms with Crippen molar-refractivity contribution in [3.63, 3.8) is 0 Å². The van der Waals surface area contributed by atoms with Gasteiger partial charge >= 0.3 is 0 Å². The number of hydrogen-bond donors (Lipinski definition) is 2. The van der Waals surface area contributed by atoms with Crippen molar-refractivity contribution in [3.05, 3.63) is 35.4 Å². The fourth-order valence-electron chi connectivity index (χ4n) is 1.93. The molecule has 0 aromatic heterocycles. The van der Waals surface area contributed by atoms with Crippen molar-refractivity contribution < 1.29 is 13.9 Å². The molecule has 0 bridgehead atoms. The molecule has 1 rings (SSSR count). The van der Waals surface area contributed by atoms with Gasteiger partial charge in [0.15, 0.2) is 0 Å². The SMILES string of the molecule is CN(C)CC(C)(O)CNCc1cc(F)cc(F)c1. The molecule has 3 nitrogen and oxygen atoms in total. The topological polar surface area (TPSA) is 35.5 Å². The smallest absolute Gasteiger partial charge is 0.126 e. The maximum Gasteiger partial charge on any atom is 0.126 e. The normalized spacial score (nSPS) is 14.8. The highest BCUT2D eigenvalue weighted by atomic mass is 19.1. The molecule has 0 spiro atoms. The Labute approximate surface area is 106 Å². The van der Waals surface area contributed by atoms with Gasteiger partial charge in [0.25, 0.3) is 0 Å². The van der Waals surface area contributed by atoms with Crippen LogP contribution in [0.3, 0.4) is 0 Å². The molecule has 0 aliphatic heterocycles. The number of nitrogens with one attached hydrogen (secondary N) is 1. The Hall–Kier alpha value is -1.04. The largest absolute Gasteiger partial charge is 0.388 e. The van der Waals surface area contributed by atoms with E-state index in [1.807, 2.05) is 19.0 Å². The maximum atomic E-state index is 12.9. The molecule has 0 heterocycles. The van der Waals surface area contributed by atoms with Gasteiger partial charge in [0.1, 0.15) is 11.6 Å². The molecule has 1 aromatic carbocycles. The zero-order chi connectivity index (χ0) is 13.8. The fraction of sp³-hybridized carbons (Fsp3) is 0.538. The Morgan fingerprint density at radius 3 is 2.28 bits per heavy atom. The Kier molecular flexibility index (Phi) is 5.19. The molecule has 0 saturated heterocycles. The zero-order valence-corrected chi connectivity index (χ0v) is 11.0. The summed E-state index contributed by atoms with van der Waals surface area (Å²) in [5.74, 6) is -1.18. The lowest BCUT2D eigenvalue weighted by Gasteiger charge is -2.27. The van der Waals surface area contributed by atoms with Crippen LogP contribution in [-0.4, -0.2) is 42.8 Å². The van der Waals surface area contributed by atoms with Crippen molar-refractivity contribution in [1.82, 2.24) is 10.2 Å². The molecule has 5 heteroatoms. The molecule has 0 amide bonds. The maximum absolute atomic E-state index is 12.9. The van der Waals surface area contributed by atoms with Crippen LogP contribution < -0.4 is 5.32 Å². The lowest BCUT2D eigenvalue weighted by atomic mass is 10.1. The van der Waals surface area contributed by atoms with Crippen LogP contribution in [0.2, 0.25) is 0 Å². The van der Waals surface area contributed by atoms with Crippen molar-refractivity contribution in [1.29, 1.82) is 0 Å². The standard InChI is InChI=1S/C13H20F2N2O/c1-13(18,9-17(2)3)8-16-7-10-4-11(14)6-12(15)5-10/h4-6,16,18H,7-9H2,1-3H3. The highest BCUT2D eigenvalue weighted by molar-refractivity contribution is 5.17. The summed E-state index contributed by atoms with van der Waals surface area (Å²) >= 11 is 0. The van der Waals surface area contributed by atoms with Gasteiger partial charge < -0.3 is 15.3 Å². The van der Waals surface area contributed by atoms with Crippen LogP contribution in [0.1, 0.15) is 12.5 Å². The number of nitrogens with zero attached hydrogens (tertiary/aromatic N) is 1. The summed E-state index contributed by atoms with van der Waals surface area (Å²) in [7, 11) is 3.74. The molecular weight excluding hydrogens is 238 g/mol. The van der Waals surface area contributed by atoms with E-state index >= 15 is 0 Å². The number of hydrogen-bond acceptors (Lipinski definition) is 3. The van der Waals surface area contributed by atoms with Crippen molar-refractivity contribution in [2.45, 2.75) is 19.1 Å². The summed E-state index contributed by atoms with van der Waals surface area (Å²) in [4.78, 5) is 1.88. The second kappa shape index (κ2) is 6.22. The minimum Gasteiger partial charge on any atom is -0.388 e.